The van der Waals surface area contributed by atoms with Gasteiger partial charge in [-0.2, -0.15) is 9.64 Å². The molecule has 160 valence electrons. The Morgan fingerprint density at radius 1 is 1.30 bits per heavy atom. The van der Waals surface area contributed by atoms with E-state index in [1.165, 1.54) is 17.2 Å². The number of carbonyl (C=O) groups is 1. The molecule has 7 nitrogen and oxygen atoms in total. The lowest BCUT2D eigenvalue weighted by Gasteiger charge is -2.22. The number of carbonyl (C=O) groups excluding carboxylic acids is 1. The largest absolute Gasteiger partial charge is 0.370 e. The third-order valence-corrected chi connectivity index (χ3v) is 5.76. The summed E-state index contributed by atoms with van der Waals surface area (Å²) in [6.07, 6.45) is 1.81. The van der Waals surface area contributed by atoms with Crippen LogP contribution in [0.15, 0.2) is 29.6 Å². The zero-order valence-electron chi connectivity index (χ0n) is 17.6. The molecule has 0 radical (unpaired) electrons. The van der Waals surface area contributed by atoms with Crippen LogP contribution in [-0.4, -0.2) is 49.0 Å². The lowest BCUT2D eigenvalue weighted by Crippen LogP contribution is -2.40. The predicted octanol–water partition coefficient (Wildman–Crippen LogP) is 3.08. The number of hydrogen-bond acceptors (Lipinski definition) is 7. The fraction of sp³-hybridized carbons (Fsp3) is 0.500. The van der Waals surface area contributed by atoms with Gasteiger partial charge < -0.3 is 20.9 Å². The van der Waals surface area contributed by atoms with Gasteiger partial charge in [0.25, 0.3) is 0 Å². The molecule has 3 rings (SSSR count). The summed E-state index contributed by atoms with van der Waals surface area (Å²) in [5.74, 6) is 0.874. The van der Waals surface area contributed by atoms with E-state index < -0.39 is 6.04 Å². The lowest BCUT2D eigenvalue weighted by atomic mass is 10.0. The molecule has 1 fully saturated rings. The number of nitrogens with zero attached hydrogens (tertiary/aromatic N) is 3. The number of benzene rings is 1. The molecule has 1 amide bonds. The summed E-state index contributed by atoms with van der Waals surface area (Å²) in [6.45, 7) is 8.32. The van der Waals surface area contributed by atoms with Crippen molar-refractivity contribution in [1.82, 2.24) is 15.0 Å². The van der Waals surface area contributed by atoms with Crippen LogP contribution in [0.1, 0.15) is 26.7 Å². The number of anilines is 2. The molecule has 8 heteroatoms. The zero-order chi connectivity index (χ0) is 21.3. The molecule has 0 unspecified atom stereocenters. The molecule has 0 aliphatic carbocycles. The average Bonchev–Trinajstić information content (AvgIpc) is 3.03. The number of rotatable bonds is 8. The summed E-state index contributed by atoms with van der Waals surface area (Å²) >= 11 is 1.37. The van der Waals surface area contributed by atoms with E-state index in [1.807, 2.05) is 11.4 Å². The van der Waals surface area contributed by atoms with Crippen molar-refractivity contribution in [2.45, 2.75) is 32.7 Å². The van der Waals surface area contributed by atoms with Crippen molar-refractivity contribution in [2.75, 3.05) is 42.9 Å². The molecule has 3 N–H and O–H groups in total. The third kappa shape index (κ3) is 5.94. The van der Waals surface area contributed by atoms with Gasteiger partial charge in [0, 0.05) is 36.3 Å². The van der Waals surface area contributed by atoms with Crippen LogP contribution in [0.25, 0.3) is 11.1 Å². The van der Waals surface area contributed by atoms with Crippen LogP contribution in [0.2, 0.25) is 0 Å². The van der Waals surface area contributed by atoms with Crippen molar-refractivity contribution < 1.29 is 4.79 Å². The van der Waals surface area contributed by atoms with Gasteiger partial charge in [0.15, 0.2) is 0 Å². The summed E-state index contributed by atoms with van der Waals surface area (Å²) in [6, 6.07) is 10.1. The Morgan fingerprint density at radius 2 is 2.10 bits per heavy atom. The molecular formula is C22H30N6OS. The number of amides is 1. The van der Waals surface area contributed by atoms with Crippen molar-refractivity contribution in [1.29, 1.82) is 5.26 Å². The van der Waals surface area contributed by atoms with Crippen molar-refractivity contribution in [3.63, 3.8) is 0 Å². The van der Waals surface area contributed by atoms with E-state index in [-0.39, 0.29) is 12.5 Å². The Labute approximate surface area is 182 Å². The van der Waals surface area contributed by atoms with Gasteiger partial charge in [-0.15, -0.1) is 0 Å². The second-order valence-corrected chi connectivity index (χ2v) is 8.55. The van der Waals surface area contributed by atoms with Gasteiger partial charge in [0.1, 0.15) is 18.4 Å². The molecule has 1 aromatic carbocycles. The highest BCUT2D eigenvalue weighted by molar-refractivity contribution is 7.04. The first-order valence-electron chi connectivity index (χ1n) is 10.5. The summed E-state index contributed by atoms with van der Waals surface area (Å²) in [5.41, 5.74) is 3.29. The molecular weight excluding hydrogens is 396 g/mol. The maximum absolute atomic E-state index is 12.5. The van der Waals surface area contributed by atoms with Crippen molar-refractivity contribution in [3.8, 4) is 17.2 Å². The number of nitriles is 1. The quantitative estimate of drug-likeness (QED) is 0.562. The Balaban J connectivity index is 1.74. The highest BCUT2D eigenvalue weighted by Crippen LogP contribution is 2.31. The van der Waals surface area contributed by atoms with E-state index in [2.05, 4.69) is 63.3 Å². The molecule has 0 bridgehead atoms. The molecule has 1 saturated heterocycles. The molecule has 2 aromatic rings. The first-order valence-corrected chi connectivity index (χ1v) is 11.3. The van der Waals surface area contributed by atoms with Crippen molar-refractivity contribution >= 4 is 28.9 Å². The van der Waals surface area contributed by atoms with E-state index in [0.717, 1.165) is 43.7 Å². The van der Waals surface area contributed by atoms with Gasteiger partial charge in [-0.3, -0.25) is 4.79 Å². The topological polar surface area (TPSA) is 93.1 Å². The molecule has 1 aliphatic heterocycles. The molecule has 1 atom stereocenters. The van der Waals surface area contributed by atoms with Gasteiger partial charge in [-0.05, 0) is 54.5 Å². The van der Waals surface area contributed by atoms with E-state index in [4.69, 9.17) is 5.26 Å². The van der Waals surface area contributed by atoms with Gasteiger partial charge in [0.05, 0.1) is 6.07 Å². The average molecular weight is 427 g/mol. The highest BCUT2D eigenvalue weighted by atomic mass is 32.1. The summed E-state index contributed by atoms with van der Waals surface area (Å²) in [4.78, 5) is 14.9. The van der Waals surface area contributed by atoms with Crippen LogP contribution < -0.4 is 20.9 Å². The Morgan fingerprint density at radius 3 is 2.83 bits per heavy atom. The molecule has 2 heterocycles. The fourth-order valence-electron chi connectivity index (χ4n) is 3.62. The monoisotopic (exact) mass is 426 g/mol. The van der Waals surface area contributed by atoms with Crippen molar-refractivity contribution in [2.24, 2.45) is 5.92 Å². The molecule has 1 aliphatic rings. The highest BCUT2D eigenvalue weighted by Gasteiger charge is 2.22. The number of aromatic nitrogens is 1. The normalized spacial score (nSPS) is 15.3. The molecule has 1 aromatic heterocycles. The summed E-state index contributed by atoms with van der Waals surface area (Å²) in [5, 5.41) is 20.2. The van der Waals surface area contributed by atoms with E-state index in [0.29, 0.717) is 18.2 Å². The van der Waals surface area contributed by atoms with Crippen LogP contribution in [0.4, 0.5) is 11.5 Å². The Bertz CT molecular complexity index is 849. The van der Waals surface area contributed by atoms with Crippen LogP contribution in [0, 0.1) is 17.2 Å². The minimum atomic E-state index is -0.428. The van der Waals surface area contributed by atoms with Crippen LogP contribution in [0.3, 0.4) is 0 Å². The molecule has 0 saturated carbocycles. The number of hydrogen-bond donors (Lipinski definition) is 3. The SMILES string of the molecule is CC(C)C[C@H](Nc1nscc1-c1ccc(N2CCCNCC2)cc1)C(=O)NCC#N. The van der Waals surface area contributed by atoms with Crippen molar-refractivity contribution in [3.05, 3.63) is 29.6 Å². The van der Waals surface area contributed by atoms with Crippen LogP contribution in [-0.2, 0) is 4.79 Å². The van der Waals surface area contributed by atoms with Gasteiger partial charge in [0.2, 0.25) is 5.91 Å². The lowest BCUT2D eigenvalue weighted by molar-refractivity contribution is -0.121. The first-order chi connectivity index (χ1) is 14.6. The predicted molar refractivity (Wildman–Crippen MR) is 123 cm³/mol. The number of nitrogens with one attached hydrogen (secondary N) is 3. The molecule has 0 spiro atoms. The second kappa shape index (κ2) is 11.0. The Hall–Kier alpha value is -2.63. The third-order valence-electron chi connectivity index (χ3n) is 5.13. The van der Waals surface area contributed by atoms with Gasteiger partial charge >= 0.3 is 0 Å². The maximum atomic E-state index is 12.5. The maximum Gasteiger partial charge on any atom is 0.243 e. The van der Waals surface area contributed by atoms with E-state index in [9.17, 15) is 4.79 Å². The van der Waals surface area contributed by atoms with Gasteiger partial charge in [-0.25, -0.2) is 0 Å². The fourth-order valence-corrected chi connectivity index (χ4v) is 4.28. The minimum Gasteiger partial charge on any atom is -0.370 e. The smallest absolute Gasteiger partial charge is 0.243 e. The van der Waals surface area contributed by atoms with Crippen LogP contribution in [0.5, 0.6) is 0 Å². The second-order valence-electron chi connectivity index (χ2n) is 7.92. The standard InChI is InChI=1S/C22H30N6OS/c1-16(2)14-20(22(29)25-10-8-23)26-21-19(15-30-27-21)17-4-6-18(7-5-17)28-12-3-9-24-11-13-28/h4-7,15-16,20,24H,3,9-14H2,1-2H3,(H,25,29)(H,26,27)/t20-/m0/s1. The first kappa shape index (κ1) is 22.1. The summed E-state index contributed by atoms with van der Waals surface area (Å²) < 4.78 is 4.49. The zero-order valence-corrected chi connectivity index (χ0v) is 18.5. The van der Waals surface area contributed by atoms with E-state index in [1.54, 1.807) is 0 Å². The molecule has 30 heavy (non-hydrogen) atoms. The van der Waals surface area contributed by atoms with E-state index >= 15 is 0 Å². The van der Waals surface area contributed by atoms with Gasteiger partial charge in [-0.1, -0.05) is 26.0 Å². The Kier molecular flexibility index (Phi) is 8.05. The van der Waals surface area contributed by atoms with Crippen LogP contribution >= 0.6 is 11.5 Å². The summed E-state index contributed by atoms with van der Waals surface area (Å²) in [7, 11) is 0. The minimum absolute atomic E-state index is 0.00646.